The summed E-state index contributed by atoms with van der Waals surface area (Å²) in [7, 11) is 0. The maximum atomic E-state index is 5.81. The van der Waals surface area contributed by atoms with Crippen LogP contribution in [0.2, 0.25) is 0 Å². The lowest BCUT2D eigenvalue weighted by molar-refractivity contribution is 0.245. The molecule has 0 amide bonds. The Labute approximate surface area is 123 Å². The van der Waals surface area contributed by atoms with Crippen molar-refractivity contribution in [3.05, 3.63) is 18.7 Å². The van der Waals surface area contributed by atoms with Gasteiger partial charge in [-0.3, -0.25) is 0 Å². The summed E-state index contributed by atoms with van der Waals surface area (Å²) >= 11 is 1.35. The van der Waals surface area contributed by atoms with Crippen LogP contribution < -0.4 is 15.8 Å². The second-order valence-electron chi connectivity index (χ2n) is 4.83. The van der Waals surface area contributed by atoms with Gasteiger partial charge < -0.3 is 20.4 Å². The van der Waals surface area contributed by atoms with Gasteiger partial charge in [0.1, 0.15) is 0 Å². The minimum atomic E-state index is 0.0930. The smallest absolute Gasteiger partial charge is 0.197 e. The molecule has 0 bridgehead atoms. The highest BCUT2D eigenvalue weighted by Crippen LogP contribution is 2.35. The third-order valence-electron chi connectivity index (χ3n) is 2.72. The van der Waals surface area contributed by atoms with Crippen molar-refractivity contribution in [1.82, 2.24) is 13.9 Å². The number of nitrogens with one attached hydrogen (secondary N) is 1. The number of nitrogens with zero attached hydrogens (tertiary/aromatic N) is 3. The van der Waals surface area contributed by atoms with E-state index in [2.05, 4.69) is 19.2 Å². The first-order chi connectivity index (χ1) is 9.66. The molecule has 0 spiro atoms. The summed E-state index contributed by atoms with van der Waals surface area (Å²) in [4.78, 5) is 4.02. The van der Waals surface area contributed by atoms with Crippen LogP contribution in [0.3, 0.4) is 0 Å². The molecule has 0 aliphatic carbocycles. The van der Waals surface area contributed by atoms with Crippen molar-refractivity contribution in [2.75, 3.05) is 17.6 Å². The van der Waals surface area contributed by atoms with Gasteiger partial charge in [-0.1, -0.05) is 0 Å². The highest BCUT2D eigenvalue weighted by Gasteiger charge is 2.13. The van der Waals surface area contributed by atoms with Crippen LogP contribution in [0.25, 0.3) is 0 Å². The van der Waals surface area contributed by atoms with Gasteiger partial charge in [-0.2, -0.15) is 4.37 Å². The molecule has 20 heavy (non-hydrogen) atoms. The number of imidazole rings is 1. The van der Waals surface area contributed by atoms with Crippen molar-refractivity contribution in [2.45, 2.75) is 39.3 Å². The van der Waals surface area contributed by atoms with E-state index >= 15 is 0 Å². The zero-order valence-electron chi connectivity index (χ0n) is 11.9. The standard InChI is InChI=1S/C13H21N5OS/c1-10(2)19-11-12(14)17-20-13(11)16-5-3-4-7-18-8-6-15-9-18/h6,8-10,16H,3-5,7H2,1-2H3,(H2,14,17). The molecule has 0 aliphatic heterocycles. The van der Waals surface area contributed by atoms with Crippen LogP contribution in [0.15, 0.2) is 18.7 Å². The lowest BCUT2D eigenvalue weighted by Gasteiger charge is -2.11. The second-order valence-corrected chi connectivity index (χ2v) is 5.60. The fraction of sp³-hybridized carbons (Fsp3) is 0.538. The largest absolute Gasteiger partial charge is 0.484 e. The normalized spacial score (nSPS) is 10.9. The summed E-state index contributed by atoms with van der Waals surface area (Å²) in [5, 5.41) is 4.26. The van der Waals surface area contributed by atoms with E-state index in [1.807, 2.05) is 26.4 Å². The maximum absolute atomic E-state index is 5.81. The lowest BCUT2D eigenvalue weighted by Crippen LogP contribution is -2.09. The zero-order valence-corrected chi connectivity index (χ0v) is 12.7. The second kappa shape index (κ2) is 7.14. The van der Waals surface area contributed by atoms with Crippen molar-refractivity contribution < 1.29 is 4.74 Å². The van der Waals surface area contributed by atoms with Crippen LogP contribution in [0.5, 0.6) is 5.75 Å². The van der Waals surface area contributed by atoms with Crippen LogP contribution in [0.1, 0.15) is 26.7 Å². The third kappa shape index (κ3) is 4.12. The quantitative estimate of drug-likeness (QED) is 0.732. The Bertz CT molecular complexity index is 509. The summed E-state index contributed by atoms with van der Waals surface area (Å²) in [5.41, 5.74) is 5.81. The predicted octanol–water partition coefficient (Wildman–Crippen LogP) is 2.60. The summed E-state index contributed by atoms with van der Waals surface area (Å²) in [6.07, 6.45) is 7.87. The highest BCUT2D eigenvalue weighted by molar-refractivity contribution is 7.11. The average molecular weight is 295 g/mol. The number of rotatable bonds is 8. The Kier molecular flexibility index (Phi) is 5.23. The first-order valence-electron chi connectivity index (χ1n) is 6.78. The maximum Gasteiger partial charge on any atom is 0.197 e. The number of hydrogen-bond acceptors (Lipinski definition) is 6. The van der Waals surface area contributed by atoms with Crippen LogP contribution in [-0.4, -0.2) is 26.6 Å². The molecule has 110 valence electrons. The molecule has 6 nitrogen and oxygen atoms in total. The summed E-state index contributed by atoms with van der Waals surface area (Å²) in [5.74, 6) is 1.14. The van der Waals surface area contributed by atoms with Crippen LogP contribution >= 0.6 is 11.5 Å². The van der Waals surface area contributed by atoms with Gasteiger partial charge in [0.05, 0.1) is 12.4 Å². The Hall–Kier alpha value is -1.76. The number of unbranched alkanes of at least 4 members (excludes halogenated alkanes) is 1. The molecule has 2 rings (SSSR count). The highest BCUT2D eigenvalue weighted by atomic mass is 32.1. The minimum Gasteiger partial charge on any atom is -0.484 e. The molecule has 0 atom stereocenters. The molecule has 2 heterocycles. The number of nitrogens with two attached hydrogens (primary N) is 1. The number of ether oxygens (including phenoxy) is 1. The van der Waals surface area contributed by atoms with Crippen molar-refractivity contribution >= 4 is 22.4 Å². The lowest BCUT2D eigenvalue weighted by atomic mass is 10.3. The Balaban J connectivity index is 1.73. The Morgan fingerprint density at radius 1 is 1.45 bits per heavy atom. The van der Waals surface area contributed by atoms with Crippen molar-refractivity contribution in [3.8, 4) is 5.75 Å². The van der Waals surface area contributed by atoms with Crippen molar-refractivity contribution in [1.29, 1.82) is 0 Å². The van der Waals surface area contributed by atoms with E-state index in [0.717, 1.165) is 30.9 Å². The summed E-state index contributed by atoms with van der Waals surface area (Å²) in [6, 6.07) is 0. The number of nitrogen functional groups attached to an aromatic ring is 1. The molecule has 2 aromatic heterocycles. The fourth-order valence-corrected chi connectivity index (χ4v) is 2.47. The number of aryl methyl sites for hydroxylation is 1. The van der Waals surface area contributed by atoms with E-state index in [4.69, 9.17) is 10.5 Å². The van der Waals surface area contributed by atoms with Gasteiger partial charge in [0.25, 0.3) is 0 Å². The number of aromatic nitrogens is 3. The molecular formula is C13H21N5OS. The number of hydrogen-bond donors (Lipinski definition) is 2. The molecular weight excluding hydrogens is 274 g/mol. The van der Waals surface area contributed by atoms with Gasteiger partial charge in [-0.15, -0.1) is 0 Å². The topological polar surface area (TPSA) is 78.0 Å². The van der Waals surface area contributed by atoms with Gasteiger partial charge in [-0.05, 0) is 38.2 Å². The van der Waals surface area contributed by atoms with E-state index < -0.39 is 0 Å². The van der Waals surface area contributed by atoms with Gasteiger partial charge in [0.15, 0.2) is 16.6 Å². The van der Waals surface area contributed by atoms with Crippen LogP contribution in [0.4, 0.5) is 10.8 Å². The van der Waals surface area contributed by atoms with E-state index in [0.29, 0.717) is 11.6 Å². The summed E-state index contributed by atoms with van der Waals surface area (Å²) in [6.45, 7) is 5.82. The van der Waals surface area contributed by atoms with Gasteiger partial charge in [0.2, 0.25) is 0 Å². The Morgan fingerprint density at radius 3 is 3.00 bits per heavy atom. The molecule has 0 aliphatic rings. The first kappa shape index (κ1) is 14.6. The SMILES string of the molecule is CC(C)Oc1c(N)nsc1NCCCCn1ccnc1. The third-order valence-corrected chi connectivity index (χ3v) is 3.52. The van der Waals surface area contributed by atoms with Crippen LogP contribution in [0, 0.1) is 0 Å². The van der Waals surface area contributed by atoms with Crippen LogP contribution in [-0.2, 0) is 6.54 Å². The zero-order chi connectivity index (χ0) is 14.4. The predicted molar refractivity (Wildman–Crippen MR) is 82.2 cm³/mol. The molecule has 2 aromatic rings. The first-order valence-corrected chi connectivity index (χ1v) is 7.55. The Morgan fingerprint density at radius 2 is 2.30 bits per heavy atom. The molecule has 0 unspecified atom stereocenters. The van der Waals surface area contributed by atoms with Gasteiger partial charge >= 0.3 is 0 Å². The number of anilines is 2. The van der Waals surface area contributed by atoms with Crippen molar-refractivity contribution in [3.63, 3.8) is 0 Å². The molecule has 7 heteroatoms. The molecule has 0 aromatic carbocycles. The van der Waals surface area contributed by atoms with Gasteiger partial charge in [0, 0.05) is 25.5 Å². The summed E-state index contributed by atoms with van der Waals surface area (Å²) < 4.78 is 11.9. The molecule has 0 saturated heterocycles. The molecule has 0 saturated carbocycles. The van der Waals surface area contributed by atoms with E-state index in [1.165, 1.54) is 11.5 Å². The minimum absolute atomic E-state index is 0.0930. The van der Waals surface area contributed by atoms with E-state index in [1.54, 1.807) is 6.20 Å². The average Bonchev–Trinajstić information content (AvgIpc) is 3.02. The van der Waals surface area contributed by atoms with E-state index in [9.17, 15) is 0 Å². The molecule has 0 radical (unpaired) electrons. The molecule has 3 N–H and O–H groups in total. The van der Waals surface area contributed by atoms with E-state index in [-0.39, 0.29) is 6.10 Å². The fourth-order valence-electron chi connectivity index (χ4n) is 1.80. The monoisotopic (exact) mass is 295 g/mol. The molecule has 0 fully saturated rings. The van der Waals surface area contributed by atoms with Crippen molar-refractivity contribution in [2.24, 2.45) is 0 Å². The van der Waals surface area contributed by atoms with Gasteiger partial charge in [-0.25, -0.2) is 4.98 Å².